The summed E-state index contributed by atoms with van der Waals surface area (Å²) >= 11 is 0. The summed E-state index contributed by atoms with van der Waals surface area (Å²) in [5, 5.41) is 12.6. The summed E-state index contributed by atoms with van der Waals surface area (Å²) < 4.78 is 0. The zero-order valence-electron chi connectivity index (χ0n) is 16.0. The number of hydrogen-bond acceptors (Lipinski definition) is 7. The quantitative estimate of drug-likeness (QED) is 0.480. The minimum atomic E-state index is 0.109. The molecule has 0 bridgehead atoms. The average Bonchev–Trinajstić information content (AvgIpc) is 2.77. The second-order valence-electron chi connectivity index (χ2n) is 6.71. The van der Waals surface area contributed by atoms with Gasteiger partial charge in [-0.3, -0.25) is 4.98 Å². The van der Waals surface area contributed by atoms with Crippen LogP contribution < -0.4 is 5.32 Å². The Hall–Kier alpha value is -3.45. The second-order valence-corrected chi connectivity index (χ2v) is 6.71. The third-order valence-corrected chi connectivity index (χ3v) is 4.48. The van der Waals surface area contributed by atoms with Crippen LogP contribution in [0.1, 0.15) is 29.2 Å². The van der Waals surface area contributed by atoms with Crippen LogP contribution in [0.5, 0.6) is 0 Å². The van der Waals surface area contributed by atoms with Crippen LogP contribution in [0.25, 0.3) is 11.0 Å². The Kier molecular flexibility index (Phi) is 5.97. The zero-order valence-corrected chi connectivity index (χ0v) is 16.0. The Morgan fingerprint density at radius 3 is 2.48 bits per heavy atom. The van der Waals surface area contributed by atoms with Gasteiger partial charge in [-0.2, -0.15) is 0 Å². The first-order chi connectivity index (χ1) is 14.3. The standard InChI is InChI=1S/C22H22N6O/c29-11-4-8-19-27-18-12-17(13-20-23-9-5-10-24-20)15-25-21(18)22(28-19)26-14-16-6-2-1-3-7-16/h1-3,5-7,9-10,12,15,29H,4,8,11,13-14H2,(H,26,27,28). The number of anilines is 1. The van der Waals surface area contributed by atoms with Crippen LogP contribution >= 0.6 is 0 Å². The molecule has 4 rings (SSSR count). The highest BCUT2D eigenvalue weighted by Crippen LogP contribution is 2.21. The molecule has 0 saturated carbocycles. The summed E-state index contributed by atoms with van der Waals surface area (Å²) in [6.45, 7) is 0.755. The van der Waals surface area contributed by atoms with Gasteiger partial charge in [0.1, 0.15) is 17.2 Å². The molecule has 0 unspecified atom stereocenters. The number of hydrogen-bond donors (Lipinski definition) is 2. The fourth-order valence-electron chi connectivity index (χ4n) is 3.06. The average molecular weight is 386 g/mol. The maximum atomic E-state index is 9.17. The lowest BCUT2D eigenvalue weighted by Gasteiger charge is -2.11. The first-order valence-corrected chi connectivity index (χ1v) is 9.62. The largest absolute Gasteiger partial charge is 0.396 e. The molecule has 1 aromatic carbocycles. The molecule has 0 fully saturated rings. The number of aliphatic hydroxyl groups excluding tert-OH is 1. The van der Waals surface area contributed by atoms with Crippen molar-refractivity contribution in [3.63, 3.8) is 0 Å². The van der Waals surface area contributed by atoms with Gasteiger partial charge in [0.15, 0.2) is 5.82 Å². The number of nitrogens with one attached hydrogen (secondary N) is 1. The van der Waals surface area contributed by atoms with E-state index >= 15 is 0 Å². The minimum absolute atomic E-state index is 0.109. The summed E-state index contributed by atoms with van der Waals surface area (Å²) in [5.74, 6) is 2.14. The first kappa shape index (κ1) is 18.9. The predicted octanol–water partition coefficient (Wildman–Crippen LogP) is 2.94. The smallest absolute Gasteiger partial charge is 0.156 e. The molecule has 0 spiro atoms. The number of aromatic nitrogens is 5. The maximum absolute atomic E-state index is 9.17. The van der Waals surface area contributed by atoms with Gasteiger partial charge < -0.3 is 10.4 Å². The molecule has 0 amide bonds. The van der Waals surface area contributed by atoms with E-state index < -0.39 is 0 Å². The highest BCUT2D eigenvalue weighted by Gasteiger charge is 2.11. The molecule has 2 N–H and O–H groups in total. The third-order valence-electron chi connectivity index (χ3n) is 4.48. The number of nitrogens with zero attached hydrogens (tertiary/aromatic N) is 5. The van der Waals surface area contributed by atoms with Crippen LogP contribution in [0.2, 0.25) is 0 Å². The van der Waals surface area contributed by atoms with Gasteiger partial charge >= 0.3 is 0 Å². The molecule has 0 aliphatic carbocycles. The summed E-state index contributed by atoms with van der Waals surface area (Å²) in [7, 11) is 0. The van der Waals surface area contributed by atoms with Crippen molar-refractivity contribution < 1.29 is 5.11 Å². The first-order valence-electron chi connectivity index (χ1n) is 9.62. The van der Waals surface area contributed by atoms with E-state index in [0.29, 0.717) is 37.4 Å². The van der Waals surface area contributed by atoms with Gasteiger partial charge in [-0.1, -0.05) is 30.3 Å². The number of benzene rings is 1. The number of fused-ring (bicyclic) bond motifs is 1. The van der Waals surface area contributed by atoms with Crippen molar-refractivity contribution in [2.45, 2.75) is 25.8 Å². The van der Waals surface area contributed by atoms with E-state index in [0.717, 1.165) is 28.0 Å². The van der Waals surface area contributed by atoms with Crippen LogP contribution in [-0.2, 0) is 19.4 Å². The minimum Gasteiger partial charge on any atom is -0.396 e. The Morgan fingerprint density at radius 2 is 1.69 bits per heavy atom. The Bertz CT molecular complexity index is 1070. The summed E-state index contributed by atoms with van der Waals surface area (Å²) in [6.07, 6.45) is 7.11. The van der Waals surface area contributed by atoms with Gasteiger partial charge in [0.05, 0.1) is 5.52 Å². The van der Waals surface area contributed by atoms with Crippen LogP contribution in [-0.4, -0.2) is 36.6 Å². The van der Waals surface area contributed by atoms with Gasteiger partial charge in [-0.15, -0.1) is 0 Å². The lowest BCUT2D eigenvalue weighted by Crippen LogP contribution is -2.07. The molecule has 0 aliphatic heterocycles. The molecule has 146 valence electrons. The van der Waals surface area contributed by atoms with Gasteiger partial charge in [0.2, 0.25) is 0 Å². The topological polar surface area (TPSA) is 96.7 Å². The monoisotopic (exact) mass is 386 g/mol. The molecular formula is C22H22N6O. The number of aliphatic hydroxyl groups is 1. The van der Waals surface area contributed by atoms with Crippen molar-refractivity contribution in [1.82, 2.24) is 24.9 Å². The molecule has 0 radical (unpaired) electrons. The van der Waals surface area contributed by atoms with E-state index in [2.05, 4.69) is 42.4 Å². The van der Waals surface area contributed by atoms with Gasteiger partial charge in [0, 0.05) is 44.6 Å². The molecular weight excluding hydrogens is 364 g/mol. The number of rotatable bonds is 8. The molecule has 3 aromatic heterocycles. The lowest BCUT2D eigenvalue weighted by molar-refractivity contribution is 0.287. The van der Waals surface area contributed by atoms with Gasteiger partial charge in [-0.05, 0) is 29.7 Å². The summed E-state index contributed by atoms with van der Waals surface area (Å²) in [6, 6.07) is 14.0. The van der Waals surface area contributed by atoms with Crippen molar-refractivity contribution in [2.75, 3.05) is 11.9 Å². The predicted molar refractivity (Wildman–Crippen MR) is 111 cm³/mol. The molecule has 3 heterocycles. The summed E-state index contributed by atoms with van der Waals surface area (Å²) in [5.41, 5.74) is 3.65. The SMILES string of the molecule is OCCCc1nc(NCc2ccccc2)c2ncc(Cc3ncccn3)cc2n1. The molecule has 0 aliphatic rings. The second kappa shape index (κ2) is 9.16. The highest BCUT2D eigenvalue weighted by atomic mass is 16.2. The number of pyridine rings is 1. The maximum Gasteiger partial charge on any atom is 0.156 e. The van der Waals surface area contributed by atoms with Crippen LogP contribution in [0.3, 0.4) is 0 Å². The van der Waals surface area contributed by atoms with Crippen molar-refractivity contribution in [1.29, 1.82) is 0 Å². The van der Waals surface area contributed by atoms with Crippen LogP contribution in [0.15, 0.2) is 61.1 Å². The van der Waals surface area contributed by atoms with Crippen molar-refractivity contribution in [2.24, 2.45) is 0 Å². The number of aryl methyl sites for hydroxylation is 1. The Labute approximate surface area is 168 Å². The molecule has 0 saturated heterocycles. The van der Waals surface area contributed by atoms with E-state index in [4.69, 9.17) is 0 Å². The van der Waals surface area contributed by atoms with Crippen LogP contribution in [0.4, 0.5) is 5.82 Å². The van der Waals surface area contributed by atoms with Gasteiger partial charge in [0.25, 0.3) is 0 Å². The third kappa shape index (κ3) is 4.89. The normalized spacial score (nSPS) is 10.9. The molecule has 4 aromatic rings. The Morgan fingerprint density at radius 1 is 0.862 bits per heavy atom. The van der Waals surface area contributed by atoms with E-state index in [-0.39, 0.29) is 6.61 Å². The van der Waals surface area contributed by atoms with E-state index in [1.165, 1.54) is 0 Å². The fraction of sp³-hybridized carbons (Fsp3) is 0.227. The van der Waals surface area contributed by atoms with Crippen LogP contribution in [0, 0.1) is 0 Å². The summed E-state index contributed by atoms with van der Waals surface area (Å²) in [4.78, 5) is 22.5. The van der Waals surface area contributed by atoms with Gasteiger partial charge in [-0.25, -0.2) is 19.9 Å². The fourth-order valence-corrected chi connectivity index (χ4v) is 3.06. The van der Waals surface area contributed by atoms with E-state index in [1.807, 2.05) is 30.5 Å². The van der Waals surface area contributed by atoms with E-state index in [1.54, 1.807) is 18.5 Å². The Balaban J connectivity index is 1.65. The molecule has 7 nitrogen and oxygen atoms in total. The molecule has 0 atom stereocenters. The molecule has 7 heteroatoms. The highest BCUT2D eigenvalue weighted by molar-refractivity contribution is 5.85. The van der Waals surface area contributed by atoms with Crippen molar-refractivity contribution >= 4 is 16.9 Å². The lowest BCUT2D eigenvalue weighted by atomic mass is 10.1. The van der Waals surface area contributed by atoms with Crippen molar-refractivity contribution in [3.8, 4) is 0 Å². The van der Waals surface area contributed by atoms with E-state index in [9.17, 15) is 5.11 Å². The zero-order chi connectivity index (χ0) is 19.9. The van der Waals surface area contributed by atoms with Crippen molar-refractivity contribution in [3.05, 3.63) is 83.8 Å². The molecule has 29 heavy (non-hydrogen) atoms.